The largest absolute Gasteiger partial charge is 0.463 e. The molecule has 0 unspecified atom stereocenters. The van der Waals surface area contributed by atoms with Gasteiger partial charge >= 0.3 is 0 Å². The Morgan fingerprint density at radius 3 is 2.23 bits per heavy atom. The normalized spacial score (nSPS) is 9.31. The molecule has 0 aliphatic carbocycles. The minimum Gasteiger partial charge on any atom is -0.463 e. The van der Waals surface area contributed by atoms with Crippen LogP contribution in [0.25, 0.3) is 5.76 Å². The van der Waals surface area contributed by atoms with E-state index in [2.05, 4.69) is 13.2 Å². The van der Waals surface area contributed by atoms with Crippen LogP contribution < -0.4 is 5.73 Å². The molecule has 0 aliphatic heterocycles. The van der Waals surface area contributed by atoms with E-state index in [1.54, 1.807) is 6.92 Å². The molecule has 0 atom stereocenters. The molecular weight excluding hydrogens is 162 g/mol. The fourth-order valence-corrected chi connectivity index (χ4v) is 0.938. The van der Waals surface area contributed by atoms with Crippen molar-refractivity contribution in [3.63, 3.8) is 0 Å². The van der Waals surface area contributed by atoms with Crippen LogP contribution in [0.3, 0.4) is 0 Å². The first-order chi connectivity index (χ1) is 6.09. The fourth-order valence-electron chi connectivity index (χ4n) is 0.938. The SMILES string of the molecule is C=C(C)OC(=C)c1ccc(N)cc1. The highest BCUT2D eigenvalue weighted by Gasteiger charge is 1.98. The predicted octanol–water partition coefficient (Wildman–Crippen LogP) is 2.79. The first-order valence-corrected chi connectivity index (χ1v) is 3.98. The topological polar surface area (TPSA) is 35.2 Å². The Morgan fingerprint density at radius 1 is 1.23 bits per heavy atom. The van der Waals surface area contributed by atoms with Crippen molar-refractivity contribution in [2.75, 3.05) is 5.73 Å². The lowest BCUT2D eigenvalue weighted by atomic mass is 10.2. The van der Waals surface area contributed by atoms with Gasteiger partial charge in [0.05, 0.1) is 5.76 Å². The van der Waals surface area contributed by atoms with Crippen LogP contribution >= 0.6 is 0 Å². The molecule has 13 heavy (non-hydrogen) atoms. The molecule has 1 aromatic rings. The number of allylic oxidation sites excluding steroid dienone is 1. The minimum absolute atomic E-state index is 0.590. The molecule has 0 spiro atoms. The van der Waals surface area contributed by atoms with Gasteiger partial charge in [-0.2, -0.15) is 0 Å². The van der Waals surface area contributed by atoms with Gasteiger partial charge in [-0.1, -0.05) is 13.2 Å². The second kappa shape index (κ2) is 3.81. The van der Waals surface area contributed by atoms with Crippen LogP contribution in [0.4, 0.5) is 5.69 Å². The maximum absolute atomic E-state index is 5.54. The van der Waals surface area contributed by atoms with Crippen molar-refractivity contribution in [2.24, 2.45) is 0 Å². The van der Waals surface area contributed by atoms with E-state index in [9.17, 15) is 0 Å². The van der Waals surface area contributed by atoms with Crippen molar-refractivity contribution in [3.8, 4) is 0 Å². The van der Waals surface area contributed by atoms with Gasteiger partial charge in [0, 0.05) is 11.3 Å². The maximum Gasteiger partial charge on any atom is 0.126 e. The molecule has 1 aromatic carbocycles. The molecule has 0 amide bonds. The Hall–Kier alpha value is -1.70. The van der Waals surface area contributed by atoms with Crippen LogP contribution in [0.1, 0.15) is 12.5 Å². The van der Waals surface area contributed by atoms with Gasteiger partial charge in [-0.05, 0) is 31.2 Å². The molecule has 0 aromatic heterocycles. The van der Waals surface area contributed by atoms with Gasteiger partial charge in [0.25, 0.3) is 0 Å². The van der Waals surface area contributed by atoms with Crippen molar-refractivity contribution < 1.29 is 4.74 Å². The summed E-state index contributed by atoms with van der Waals surface area (Å²) in [6, 6.07) is 7.34. The first-order valence-electron chi connectivity index (χ1n) is 3.98. The Kier molecular flexibility index (Phi) is 2.75. The smallest absolute Gasteiger partial charge is 0.126 e. The predicted molar refractivity (Wildman–Crippen MR) is 55.8 cm³/mol. The quantitative estimate of drug-likeness (QED) is 0.566. The van der Waals surface area contributed by atoms with Gasteiger partial charge in [0.2, 0.25) is 0 Å². The third-order valence-corrected chi connectivity index (χ3v) is 1.53. The lowest BCUT2D eigenvalue weighted by Gasteiger charge is -2.07. The van der Waals surface area contributed by atoms with Gasteiger partial charge in [0.1, 0.15) is 5.76 Å². The molecule has 0 fully saturated rings. The van der Waals surface area contributed by atoms with E-state index in [0.717, 1.165) is 11.3 Å². The highest BCUT2D eigenvalue weighted by molar-refractivity contribution is 5.60. The second-order valence-corrected chi connectivity index (χ2v) is 2.85. The van der Waals surface area contributed by atoms with Gasteiger partial charge < -0.3 is 10.5 Å². The van der Waals surface area contributed by atoms with E-state index < -0.39 is 0 Å². The van der Waals surface area contributed by atoms with Crippen molar-refractivity contribution in [1.29, 1.82) is 0 Å². The average Bonchev–Trinajstić information content (AvgIpc) is 2.04. The van der Waals surface area contributed by atoms with Gasteiger partial charge in [-0.15, -0.1) is 0 Å². The van der Waals surface area contributed by atoms with Crippen LogP contribution in [0, 0.1) is 0 Å². The summed E-state index contributed by atoms with van der Waals surface area (Å²) < 4.78 is 5.25. The molecular formula is C11H13NO. The molecule has 2 nitrogen and oxygen atoms in total. The molecule has 0 radical (unpaired) electrons. The van der Waals surface area contributed by atoms with Crippen LogP contribution in [0.5, 0.6) is 0 Å². The van der Waals surface area contributed by atoms with Crippen molar-refractivity contribution in [1.82, 2.24) is 0 Å². The highest BCUT2D eigenvalue weighted by Crippen LogP contribution is 2.17. The van der Waals surface area contributed by atoms with Crippen molar-refractivity contribution in [3.05, 3.63) is 48.7 Å². The van der Waals surface area contributed by atoms with Crippen molar-refractivity contribution in [2.45, 2.75) is 6.92 Å². The summed E-state index contributed by atoms with van der Waals surface area (Å²) in [5.74, 6) is 1.22. The number of hydrogen-bond acceptors (Lipinski definition) is 2. The summed E-state index contributed by atoms with van der Waals surface area (Å²) >= 11 is 0. The van der Waals surface area contributed by atoms with Crippen molar-refractivity contribution >= 4 is 11.4 Å². The second-order valence-electron chi connectivity index (χ2n) is 2.85. The van der Waals surface area contributed by atoms with Crippen LogP contribution in [-0.4, -0.2) is 0 Å². The number of nitrogen functional groups attached to an aromatic ring is 1. The number of ether oxygens (including phenoxy) is 1. The molecule has 0 saturated heterocycles. The van der Waals surface area contributed by atoms with Gasteiger partial charge in [-0.3, -0.25) is 0 Å². The Morgan fingerprint density at radius 2 is 1.77 bits per heavy atom. The monoisotopic (exact) mass is 175 g/mol. The number of rotatable bonds is 3. The summed E-state index contributed by atoms with van der Waals surface area (Å²) in [7, 11) is 0. The Bertz CT molecular complexity index is 324. The van der Waals surface area contributed by atoms with Crippen LogP contribution in [0.15, 0.2) is 43.2 Å². The number of hydrogen-bond donors (Lipinski definition) is 1. The summed E-state index contributed by atoms with van der Waals surface area (Å²) in [6.07, 6.45) is 0. The van der Waals surface area contributed by atoms with E-state index in [1.165, 1.54) is 0 Å². The molecule has 0 bridgehead atoms. The lowest BCUT2D eigenvalue weighted by molar-refractivity contribution is 0.388. The Balaban J connectivity index is 2.78. The standard InChI is InChI=1S/C11H13NO/c1-8(2)13-9(3)10-4-6-11(12)7-5-10/h4-7H,1,3,12H2,2H3. The zero-order valence-electron chi connectivity index (χ0n) is 7.71. The first kappa shape index (κ1) is 9.39. The number of anilines is 1. The summed E-state index contributed by atoms with van der Waals surface area (Å²) in [5.41, 5.74) is 7.18. The molecule has 2 heteroatoms. The third kappa shape index (κ3) is 2.67. The van der Waals surface area contributed by atoms with Crippen LogP contribution in [0.2, 0.25) is 0 Å². The molecule has 0 saturated carbocycles. The van der Waals surface area contributed by atoms with E-state index in [-0.39, 0.29) is 0 Å². The van der Waals surface area contributed by atoms with Gasteiger partial charge in [-0.25, -0.2) is 0 Å². The number of benzene rings is 1. The fraction of sp³-hybridized carbons (Fsp3) is 0.0909. The summed E-state index contributed by atoms with van der Waals surface area (Å²) in [6.45, 7) is 9.18. The van der Waals surface area contributed by atoms with E-state index in [0.29, 0.717) is 11.5 Å². The van der Waals surface area contributed by atoms with E-state index in [1.807, 2.05) is 24.3 Å². The zero-order valence-corrected chi connectivity index (χ0v) is 7.71. The third-order valence-electron chi connectivity index (χ3n) is 1.53. The minimum atomic E-state index is 0.590. The molecule has 0 aliphatic rings. The Labute approximate surface area is 78.3 Å². The molecule has 1 rings (SSSR count). The lowest BCUT2D eigenvalue weighted by Crippen LogP contribution is -1.89. The van der Waals surface area contributed by atoms with E-state index in [4.69, 9.17) is 10.5 Å². The molecule has 2 N–H and O–H groups in total. The van der Waals surface area contributed by atoms with E-state index >= 15 is 0 Å². The summed E-state index contributed by atoms with van der Waals surface area (Å²) in [4.78, 5) is 0. The average molecular weight is 175 g/mol. The maximum atomic E-state index is 5.54. The highest BCUT2D eigenvalue weighted by atomic mass is 16.5. The molecule has 0 heterocycles. The zero-order chi connectivity index (χ0) is 9.84. The molecule has 68 valence electrons. The summed E-state index contributed by atoms with van der Waals surface area (Å²) in [5, 5.41) is 0. The van der Waals surface area contributed by atoms with Gasteiger partial charge in [0.15, 0.2) is 0 Å². The number of nitrogens with two attached hydrogens (primary N) is 1. The van der Waals surface area contributed by atoms with Crippen LogP contribution in [-0.2, 0) is 4.74 Å².